The molecule has 36 heavy (non-hydrogen) atoms. The van der Waals surface area contributed by atoms with Crippen LogP contribution >= 0.6 is 71.5 Å². The fourth-order valence-corrected chi connectivity index (χ4v) is 10.3. The van der Waals surface area contributed by atoms with Crippen molar-refractivity contribution < 1.29 is 23.5 Å². The lowest BCUT2D eigenvalue weighted by atomic mass is 10.2. The smallest absolute Gasteiger partial charge is 0.322 e. The number of esters is 2. The van der Waals surface area contributed by atoms with Crippen molar-refractivity contribution in [1.82, 2.24) is 0 Å². The lowest BCUT2D eigenvalue weighted by Crippen LogP contribution is -2.34. The molecule has 0 bridgehead atoms. The number of hydrogen-bond donors (Lipinski definition) is 0. The topological polar surface area (TPSA) is 61.8 Å². The highest BCUT2D eigenvalue weighted by Crippen LogP contribution is 2.33. The first-order chi connectivity index (χ1) is 16.7. The normalized spacial score (nSPS) is 12.3. The van der Waals surface area contributed by atoms with Crippen LogP contribution in [0.3, 0.4) is 0 Å². The van der Waals surface area contributed by atoms with E-state index in [0.29, 0.717) is 26.2 Å². The van der Waals surface area contributed by atoms with Gasteiger partial charge in [-0.25, -0.2) is 0 Å². The van der Waals surface area contributed by atoms with Gasteiger partial charge in [-0.3, -0.25) is 9.59 Å². The number of hydrogen-bond acceptors (Lipinski definition) is 11. The summed E-state index contributed by atoms with van der Waals surface area (Å²) in [5, 5.41) is 0. The van der Waals surface area contributed by atoms with Crippen LogP contribution in [-0.4, -0.2) is 68.1 Å². The van der Waals surface area contributed by atoms with Crippen LogP contribution in [0, 0.1) is 0 Å². The Labute approximate surface area is 248 Å². The van der Waals surface area contributed by atoms with Crippen molar-refractivity contribution in [1.29, 1.82) is 0 Å². The van der Waals surface area contributed by atoms with E-state index in [1.165, 1.54) is 23.5 Å². The second-order valence-electron chi connectivity index (χ2n) is 9.76. The number of thioether (sulfide) groups is 4. The fraction of sp³-hybridized carbons (Fsp3) is 0.833. The summed E-state index contributed by atoms with van der Waals surface area (Å²) in [7, 11) is -1.90. The van der Waals surface area contributed by atoms with Crippen LogP contribution < -0.4 is 0 Å². The van der Waals surface area contributed by atoms with Gasteiger partial charge in [0.15, 0.2) is 8.32 Å². The standard InChI is InChI=1S/C24H44O5S6Si/c1-9-16-32-21(30)34-23(3,4)19(25)27-13-11-15-29-36(7,8)18-12-14-28-20(26)24(5,6)35-22(31)33-17-10-2/h9-18H2,1-8H3. The molecule has 0 N–H and O–H groups in total. The predicted octanol–water partition coefficient (Wildman–Crippen LogP) is 7.95. The molecule has 0 aromatic heterocycles. The maximum Gasteiger partial charge on any atom is 0.322 e. The van der Waals surface area contributed by atoms with Crippen LogP contribution in [0.4, 0.5) is 0 Å². The monoisotopic (exact) mass is 632 g/mol. The molecule has 0 atom stereocenters. The zero-order valence-electron chi connectivity index (χ0n) is 23.1. The summed E-state index contributed by atoms with van der Waals surface area (Å²) in [6, 6.07) is 0.884. The highest BCUT2D eigenvalue weighted by molar-refractivity contribution is 8.48. The van der Waals surface area contributed by atoms with Gasteiger partial charge in [-0.2, -0.15) is 0 Å². The molecule has 0 fully saturated rings. The first kappa shape index (κ1) is 36.7. The Morgan fingerprint density at radius 2 is 1.17 bits per heavy atom. The summed E-state index contributed by atoms with van der Waals surface area (Å²) in [5.41, 5.74) is 0. The van der Waals surface area contributed by atoms with Gasteiger partial charge in [0.25, 0.3) is 0 Å². The third-order valence-electron chi connectivity index (χ3n) is 4.68. The van der Waals surface area contributed by atoms with Gasteiger partial charge in [0.05, 0.1) is 13.2 Å². The Balaban J connectivity index is 4.18. The quantitative estimate of drug-likeness (QED) is 0.0679. The zero-order chi connectivity index (χ0) is 27.8. The third kappa shape index (κ3) is 17.3. The average molecular weight is 633 g/mol. The van der Waals surface area contributed by atoms with E-state index in [4.69, 9.17) is 38.3 Å². The first-order valence-corrected chi connectivity index (χ1v) is 19.9. The van der Waals surface area contributed by atoms with Gasteiger partial charge in [0.1, 0.15) is 16.6 Å². The zero-order valence-corrected chi connectivity index (χ0v) is 29.0. The molecule has 0 heterocycles. The minimum absolute atomic E-state index is 0.236. The Morgan fingerprint density at radius 1 is 0.750 bits per heavy atom. The molecule has 0 aliphatic carbocycles. The molecule has 5 nitrogen and oxygen atoms in total. The molecule has 0 aliphatic rings. The summed E-state index contributed by atoms with van der Waals surface area (Å²) >= 11 is 16.7. The van der Waals surface area contributed by atoms with Crippen molar-refractivity contribution >= 4 is 98.8 Å². The largest absolute Gasteiger partial charge is 0.465 e. The molecule has 0 saturated heterocycles. The second-order valence-corrected chi connectivity index (χ2v) is 21.9. The van der Waals surface area contributed by atoms with Crippen molar-refractivity contribution in [2.45, 2.75) is 95.9 Å². The van der Waals surface area contributed by atoms with E-state index in [9.17, 15) is 9.59 Å². The van der Waals surface area contributed by atoms with Crippen molar-refractivity contribution in [2.75, 3.05) is 31.3 Å². The van der Waals surface area contributed by atoms with Crippen molar-refractivity contribution in [2.24, 2.45) is 0 Å². The third-order valence-corrected chi connectivity index (χ3v) is 13.0. The molecule has 0 amide bonds. The highest BCUT2D eigenvalue weighted by Gasteiger charge is 2.33. The van der Waals surface area contributed by atoms with Gasteiger partial charge < -0.3 is 13.9 Å². The van der Waals surface area contributed by atoms with Crippen LogP contribution in [0.25, 0.3) is 0 Å². The molecule has 0 rings (SSSR count). The van der Waals surface area contributed by atoms with E-state index < -0.39 is 17.8 Å². The Morgan fingerprint density at radius 3 is 1.58 bits per heavy atom. The van der Waals surface area contributed by atoms with E-state index >= 15 is 0 Å². The summed E-state index contributed by atoms with van der Waals surface area (Å²) < 4.78 is 17.3. The lowest BCUT2D eigenvalue weighted by molar-refractivity contribution is -0.146. The van der Waals surface area contributed by atoms with Gasteiger partial charge in [-0.1, -0.05) is 61.8 Å². The summed E-state index contributed by atoms with van der Waals surface area (Å²) in [4.78, 5) is 24.9. The predicted molar refractivity (Wildman–Crippen MR) is 173 cm³/mol. The van der Waals surface area contributed by atoms with Gasteiger partial charge in [0.2, 0.25) is 0 Å². The Hall–Kier alpha value is 0.697. The maximum absolute atomic E-state index is 12.5. The molecule has 0 unspecified atom stereocenters. The molecule has 12 heteroatoms. The van der Waals surface area contributed by atoms with Crippen LogP contribution in [0.5, 0.6) is 0 Å². The molecule has 210 valence electrons. The number of thiocarbonyl (C=S) groups is 2. The van der Waals surface area contributed by atoms with Crippen LogP contribution in [-0.2, 0) is 23.5 Å². The molecule has 0 spiro atoms. The second kappa shape index (κ2) is 18.9. The SMILES string of the molecule is CCCSC(=S)SC(C)(C)C(=O)OCCCO[Si](C)(C)CCCOC(=O)C(C)(C)SC(=S)SCCC. The summed E-state index contributed by atoms with van der Waals surface area (Å²) in [6.45, 7) is 17.2. The molecule has 0 radical (unpaired) electrons. The minimum Gasteiger partial charge on any atom is -0.465 e. The van der Waals surface area contributed by atoms with Gasteiger partial charge in [-0.15, -0.1) is 23.5 Å². The van der Waals surface area contributed by atoms with Crippen LogP contribution in [0.15, 0.2) is 0 Å². The lowest BCUT2D eigenvalue weighted by Gasteiger charge is -2.25. The van der Waals surface area contributed by atoms with Crippen molar-refractivity contribution in [3.8, 4) is 0 Å². The maximum atomic E-state index is 12.5. The van der Waals surface area contributed by atoms with E-state index in [1.54, 1.807) is 23.5 Å². The minimum atomic E-state index is -1.90. The molecular weight excluding hydrogens is 589 g/mol. The molecule has 0 aliphatic heterocycles. The van der Waals surface area contributed by atoms with Crippen molar-refractivity contribution in [3.63, 3.8) is 0 Å². The van der Waals surface area contributed by atoms with E-state index in [0.717, 1.165) is 43.9 Å². The van der Waals surface area contributed by atoms with E-state index in [2.05, 4.69) is 26.9 Å². The number of ether oxygens (including phenoxy) is 2. The number of rotatable bonds is 17. The molecule has 0 aromatic carbocycles. The van der Waals surface area contributed by atoms with Gasteiger partial charge in [0, 0.05) is 13.0 Å². The average Bonchev–Trinajstić information content (AvgIpc) is 2.77. The summed E-state index contributed by atoms with van der Waals surface area (Å²) in [6.07, 6.45) is 3.51. The van der Waals surface area contributed by atoms with Crippen LogP contribution in [0.2, 0.25) is 19.1 Å². The Kier molecular flexibility index (Phi) is 19.3. The molecule has 0 aromatic rings. The van der Waals surface area contributed by atoms with E-state index in [-0.39, 0.29) is 11.9 Å². The van der Waals surface area contributed by atoms with Gasteiger partial charge >= 0.3 is 11.9 Å². The first-order valence-electron chi connectivity index (χ1n) is 12.4. The van der Waals surface area contributed by atoms with Crippen LogP contribution in [0.1, 0.15) is 67.2 Å². The Bertz CT molecular complexity index is 715. The molecule has 0 saturated carbocycles. The molecular formula is C24H44O5S6Si. The van der Waals surface area contributed by atoms with Crippen molar-refractivity contribution in [3.05, 3.63) is 0 Å². The van der Waals surface area contributed by atoms with E-state index in [1.807, 2.05) is 27.7 Å². The summed E-state index contributed by atoms with van der Waals surface area (Å²) in [5.74, 6) is 1.43. The van der Waals surface area contributed by atoms with Gasteiger partial charge in [-0.05, 0) is 77.6 Å². The number of carbonyl (C=O) groups is 2. The number of carbonyl (C=O) groups excluding carboxylic acids is 2. The highest BCUT2D eigenvalue weighted by atomic mass is 32.2. The fourth-order valence-electron chi connectivity index (χ4n) is 2.58.